The largest absolute Gasteiger partial charge is 0.493 e. The number of hydrogen-bond donors (Lipinski definition) is 2. The van der Waals surface area contributed by atoms with Crippen molar-refractivity contribution in [3.8, 4) is 34.8 Å². The molecule has 0 aliphatic carbocycles. The van der Waals surface area contributed by atoms with Crippen LogP contribution in [0.25, 0.3) is 0 Å². The fourth-order valence-corrected chi connectivity index (χ4v) is 2.62. The topological polar surface area (TPSA) is 78.1 Å². The van der Waals surface area contributed by atoms with Crippen LogP contribution in [0.15, 0.2) is 40.9 Å². The highest BCUT2D eigenvalue weighted by molar-refractivity contribution is 9.10. The van der Waals surface area contributed by atoms with Crippen molar-refractivity contribution in [1.29, 1.82) is 0 Å². The lowest BCUT2D eigenvalue weighted by atomic mass is 10.2. The van der Waals surface area contributed by atoms with Crippen molar-refractivity contribution < 1.29 is 23.7 Å². The molecule has 0 heterocycles. The van der Waals surface area contributed by atoms with Crippen LogP contribution in [0.5, 0.6) is 23.0 Å². The normalized spacial score (nSPS) is 9.57. The van der Waals surface area contributed by atoms with Gasteiger partial charge < -0.3 is 29.6 Å². The lowest BCUT2D eigenvalue weighted by Gasteiger charge is -2.14. The Labute approximate surface area is 172 Å². The first-order valence-corrected chi connectivity index (χ1v) is 9.05. The number of methoxy groups -OCH3 is 3. The summed E-state index contributed by atoms with van der Waals surface area (Å²) in [6.45, 7) is 0.407. The molecular formula is C20H21BrN2O5. The Bertz CT molecular complexity index is 851. The van der Waals surface area contributed by atoms with Crippen molar-refractivity contribution in [3.63, 3.8) is 0 Å². The predicted molar refractivity (Wildman–Crippen MR) is 111 cm³/mol. The minimum atomic E-state index is -0.406. The molecule has 8 heteroatoms. The van der Waals surface area contributed by atoms with Crippen molar-refractivity contribution in [2.45, 2.75) is 0 Å². The highest BCUT2D eigenvalue weighted by atomic mass is 79.9. The van der Waals surface area contributed by atoms with Gasteiger partial charge in [0.25, 0.3) is 0 Å². The van der Waals surface area contributed by atoms with Crippen LogP contribution < -0.4 is 29.6 Å². The number of rotatable bonds is 7. The van der Waals surface area contributed by atoms with Gasteiger partial charge in [0.2, 0.25) is 5.75 Å². The van der Waals surface area contributed by atoms with E-state index in [1.165, 1.54) is 21.3 Å². The third-order valence-electron chi connectivity index (χ3n) is 3.49. The molecule has 0 fully saturated rings. The molecule has 7 nitrogen and oxygen atoms in total. The SMILES string of the molecule is COc1cc(NC(=O)NCC#CCOc2cccc(Br)c2)cc(OC)c1OC. The molecule has 0 unspecified atom stereocenters. The molecule has 0 aromatic heterocycles. The first kappa shape index (κ1) is 21.3. The summed E-state index contributed by atoms with van der Waals surface area (Å²) < 4.78 is 22.2. The van der Waals surface area contributed by atoms with E-state index >= 15 is 0 Å². The average Bonchev–Trinajstić information content (AvgIpc) is 2.69. The van der Waals surface area contributed by atoms with Gasteiger partial charge in [-0.25, -0.2) is 4.79 Å². The number of carbonyl (C=O) groups excluding carboxylic acids is 1. The molecule has 2 rings (SSSR count). The van der Waals surface area contributed by atoms with Crippen molar-refractivity contribution in [1.82, 2.24) is 5.32 Å². The van der Waals surface area contributed by atoms with Crippen LogP contribution in [0.4, 0.5) is 10.5 Å². The lowest BCUT2D eigenvalue weighted by Crippen LogP contribution is -2.29. The molecule has 0 aliphatic rings. The van der Waals surface area contributed by atoms with Crippen LogP contribution >= 0.6 is 15.9 Å². The molecule has 0 spiro atoms. The van der Waals surface area contributed by atoms with Gasteiger partial charge in [-0.3, -0.25) is 0 Å². The summed E-state index contributed by atoms with van der Waals surface area (Å²) >= 11 is 3.37. The molecule has 148 valence electrons. The molecule has 2 aromatic rings. The minimum absolute atomic E-state index is 0.179. The number of hydrogen-bond acceptors (Lipinski definition) is 5. The Morgan fingerprint density at radius 3 is 2.36 bits per heavy atom. The number of ether oxygens (including phenoxy) is 4. The van der Waals surface area contributed by atoms with Crippen LogP contribution in [0, 0.1) is 11.8 Å². The standard InChI is InChI=1S/C20H21BrN2O5/c1-25-17-12-15(13-18(26-2)19(17)27-3)23-20(24)22-9-4-5-10-28-16-8-6-7-14(21)11-16/h6-8,11-13H,9-10H2,1-3H3,(H2,22,23,24). The van der Waals surface area contributed by atoms with E-state index in [1.807, 2.05) is 24.3 Å². The number of benzene rings is 2. The van der Waals surface area contributed by atoms with Crippen LogP contribution in [-0.4, -0.2) is 40.5 Å². The number of carbonyl (C=O) groups is 1. The van der Waals surface area contributed by atoms with Gasteiger partial charge in [-0.1, -0.05) is 33.8 Å². The molecule has 0 bridgehead atoms. The van der Waals surface area contributed by atoms with Crippen LogP contribution in [-0.2, 0) is 0 Å². The Balaban J connectivity index is 1.83. The fraction of sp³-hybridized carbons (Fsp3) is 0.250. The van der Waals surface area contributed by atoms with E-state index in [-0.39, 0.29) is 13.2 Å². The number of halogens is 1. The van der Waals surface area contributed by atoms with E-state index in [0.29, 0.717) is 22.9 Å². The second-order valence-corrected chi connectivity index (χ2v) is 6.24. The lowest BCUT2D eigenvalue weighted by molar-refractivity contribution is 0.253. The van der Waals surface area contributed by atoms with Gasteiger partial charge in [-0.05, 0) is 18.2 Å². The van der Waals surface area contributed by atoms with Crippen LogP contribution in [0.2, 0.25) is 0 Å². The summed E-state index contributed by atoms with van der Waals surface area (Å²) in [4.78, 5) is 12.0. The van der Waals surface area contributed by atoms with Gasteiger partial charge in [0.05, 0.1) is 33.6 Å². The maximum Gasteiger partial charge on any atom is 0.319 e. The van der Waals surface area contributed by atoms with Crippen molar-refractivity contribution in [2.24, 2.45) is 0 Å². The van der Waals surface area contributed by atoms with Gasteiger partial charge in [-0.2, -0.15) is 0 Å². The minimum Gasteiger partial charge on any atom is -0.493 e. The summed E-state index contributed by atoms with van der Waals surface area (Å²) in [5.41, 5.74) is 0.498. The molecule has 2 aromatic carbocycles. The first-order chi connectivity index (χ1) is 13.6. The zero-order valence-corrected chi connectivity index (χ0v) is 17.4. The van der Waals surface area contributed by atoms with E-state index < -0.39 is 6.03 Å². The summed E-state index contributed by atoms with van der Waals surface area (Å²) in [6, 6.07) is 10.4. The van der Waals surface area contributed by atoms with E-state index in [1.54, 1.807) is 12.1 Å². The molecule has 0 saturated carbocycles. The molecule has 2 amide bonds. The van der Waals surface area contributed by atoms with Gasteiger partial charge in [0.15, 0.2) is 11.5 Å². The average molecular weight is 449 g/mol. The Morgan fingerprint density at radius 2 is 1.75 bits per heavy atom. The third kappa shape index (κ3) is 6.28. The zero-order chi connectivity index (χ0) is 20.4. The van der Waals surface area contributed by atoms with Crippen molar-refractivity contribution >= 4 is 27.6 Å². The van der Waals surface area contributed by atoms with Crippen LogP contribution in [0.3, 0.4) is 0 Å². The number of urea groups is 1. The molecule has 0 aliphatic heterocycles. The second-order valence-electron chi connectivity index (χ2n) is 5.32. The van der Waals surface area contributed by atoms with E-state index in [9.17, 15) is 4.79 Å². The van der Waals surface area contributed by atoms with Crippen molar-refractivity contribution in [2.75, 3.05) is 39.8 Å². The Hall–Kier alpha value is -3.05. The summed E-state index contributed by atoms with van der Waals surface area (Å²) in [5, 5.41) is 5.34. The number of amides is 2. The third-order valence-corrected chi connectivity index (χ3v) is 3.99. The van der Waals surface area contributed by atoms with Gasteiger partial charge in [0, 0.05) is 16.6 Å². The predicted octanol–water partition coefficient (Wildman–Crippen LogP) is 3.68. The molecule has 28 heavy (non-hydrogen) atoms. The molecule has 2 N–H and O–H groups in total. The molecular weight excluding hydrogens is 428 g/mol. The monoisotopic (exact) mass is 448 g/mol. The van der Waals surface area contributed by atoms with Crippen molar-refractivity contribution in [3.05, 3.63) is 40.9 Å². The maximum absolute atomic E-state index is 12.0. The first-order valence-electron chi connectivity index (χ1n) is 8.26. The molecule has 0 radical (unpaired) electrons. The van der Waals surface area contributed by atoms with E-state index in [0.717, 1.165) is 10.2 Å². The highest BCUT2D eigenvalue weighted by Crippen LogP contribution is 2.39. The zero-order valence-electron chi connectivity index (χ0n) is 15.8. The Kier molecular flexibility index (Phi) is 8.31. The number of anilines is 1. The quantitative estimate of drug-likeness (QED) is 0.631. The summed E-state index contributed by atoms with van der Waals surface area (Å²) in [7, 11) is 4.53. The van der Waals surface area contributed by atoms with Gasteiger partial charge >= 0.3 is 6.03 Å². The molecule has 0 saturated heterocycles. The van der Waals surface area contributed by atoms with E-state index in [2.05, 4.69) is 38.4 Å². The fourth-order valence-electron chi connectivity index (χ4n) is 2.24. The summed E-state index contributed by atoms with van der Waals surface area (Å²) in [6.07, 6.45) is 0. The van der Waals surface area contributed by atoms with Gasteiger partial charge in [-0.15, -0.1) is 0 Å². The van der Waals surface area contributed by atoms with E-state index in [4.69, 9.17) is 18.9 Å². The van der Waals surface area contributed by atoms with Crippen LogP contribution in [0.1, 0.15) is 0 Å². The Morgan fingerprint density at radius 1 is 1.04 bits per heavy atom. The smallest absolute Gasteiger partial charge is 0.319 e. The molecule has 0 atom stereocenters. The summed E-state index contributed by atoms with van der Waals surface area (Å²) in [5.74, 6) is 7.72. The van der Waals surface area contributed by atoms with Gasteiger partial charge in [0.1, 0.15) is 12.4 Å². The number of nitrogens with one attached hydrogen (secondary N) is 2. The maximum atomic E-state index is 12.0. The second kappa shape index (κ2) is 10.9. The highest BCUT2D eigenvalue weighted by Gasteiger charge is 2.14.